The van der Waals surface area contributed by atoms with E-state index < -0.39 is 17.2 Å². The summed E-state index contributed by atoms with van der Waals surface area (Å²) in [7, 11) is 0. The van der Waals surface area contributed by atoms with Crippen LogP contribution in [0, 0.1) is 11.6 Å². The maximum absolute atomic E-state index is 13.5. The van der Waals surface area contributed by atoms with E-state index in [4.69, 9.17) is 5.73 Å². The molecule has 1 nitrogen and oxygen atoms in total. The molecule has 82 valence electrons. The maximum Gasteiger partial charge on any atom is 0.140 e. The zero-order valence-electron chi connectivity index (χ0n) is 8.52. The van der Waals surface area contributed by atoms with Crippen LogP contribution >= 0.6 is 11.8 Å². The second-order valence-electron chi connectivity index (χ2n) is 3.98. The first kappa shape index (κ1) is 10.9. The normalized spacial score (nSPS) is 18.7. The average molecular weight is 229 g/mol. The number of hydrogen-bond donors (Lipinski definition) is 1. The summed E-state index contributed by atoms with van der Waals surface area (Å²) in [4.78, 5) is 0.0710. The minimum absolute atomic E-state index is 0.0710. The zero-order chi connectivity index (χ0) is 11.1. The van der Waals surface area contributed by atoms with E-state index in [0.29, 0.717) is 5.56 Å². The molecule has 0 aliphatic heterocycles. The Morgan fingerprint density at radius 3 is 2.13 bits per heavy atom. The van der Waals surface area contributed by atoms with Crippen LogP contribution in [-0.2, 0) is 5.54 Å². The van der Waals surface area contributed by atoms with Crippen LogP contribution in [0.4, 0.5) is 8.78 Å². The molecule has 0 radical (unpaired) electrons. The van der Waals surface area contributed by atoms with Crippen LogP contribution in [0.1, 0.15) is 24.8 Å². The molecule has 1 aromatic carbocycles. The lowest BCUT2D eigenvalue weighted by Crippen LogP contribution is -2.43. The topological polar surface area (TPSA) is 26.0 Å². The van der Waals surface area contributed by atoms with Gasteiger partial charge in [-0.2, -0.15) is 0 Å². The Morgan fingerprint density at radius 1 is 1.27 bits per heavy atom. The van der Waals surface area contributed by atoms with Crippen molar-refractivity contribution in [2.75, 3.05) is 6.26 Å². The summed E-state index contributed by atoms with van der Waals surface area (Å²) in [6.45, 7) is 0. The first-order chi connectivity index (χ1) is 7.07. The summed E-state index contributed by atoms with van der Waals surface area (Å²) in [5.41, 5.74) is 6.10. The monoisotopic (exact) mass is 229 g/mol. The fourth-order valence-corrected chi connectivity index (χ4v) is 2.40. The quantitative estimate of drug-likeness (QED) is 0.789. The van der Waals surface area contributed by atoms with Crippen molar-refractivity contribution in [2.24, 2.45) is 5.73 Å². The number of halogens is 2. The second kappa shape index (κ2) is 3.76. The fourth-order valence-electron chi connectivity index (χ4n) is 1.89. The van der Waals surface area contributed by atoms with Gasteiger partial charge in [0.05, 0.1) is 4.90 Å². The first-order valence-electron chi connectivity index (χ1n) is 4.89. The third-order valence-corrected chi connectivity index (χ3v) is 3.82. The third-order valence-electron chi connectivity index (χ3n) is 3.02. The molecule has 1 aromatic rings. The fraction of sp³-hybridized carbons (Fsp3) is 0.455. The summed E-state index contributed by atoms with van der Waals surface area (Å²) in [6, 6.07) is 2.74. The van der Waals surface area contributed by atoms with Gasteiger partial charge in [-0.05, 0) is 43.2 Å². The first-order valence-corrected chi connectivity index (χ1v) is 6.12. The van der Waals surface area contributed by atoms with Gasteiger partial charge in [0.25, 0.3) is 0 Å². The van der Waals surface area contributed by atoms with Crippen molar-refractivity contribution in [3.63, 3.8) is 0 Å². The van der Waals surface area contributed by atoms with E-state index in [-0.39, 0.29) is 4.90 Å². The van der Waals surface area contributed by atoms with Crippen LogP contribution in [0.15, 0.2) is 17.0 Å². The summed E-state index contributed by atoms with van der Waals surface area (Å²) in [5, 5.41) is 0. The van der Waals surface area contributed by atoms with Crippen LogP contribution < -0.4 is 5.73 Å². The van der Waals surface area contributed by atoms with Crippen LogP contribution in [0.25, 0.3) is 0 Å². The Bertz CT molecular complexity index is 365. The smallest absolute Gasteiger partial charge is 0.140 e. The lowest BCUT2D eigenvalue weighted by atomic mass is 9.73. The standard InChI is InChI=1S/C11H13F2NS/c1-15-10-8(12)5-7(6-9(10)13)11(14)3-2-4-11/h5-6H,2-4,14H2,1H3. The van der Waals surface area contributed by atoms with Gasteiger partial charge in [0.1, 0.15) is 11.6 Å². The molecular weight excluding hydrogens is 216 g/mol. The number of rotatable bonds is 2. The minimum atomic E-state index is -0.505. The molecule has 1 aliphatic carbocycles. The molecule has 1 saturated carbocycles. The van der Waals surface area contributed by atoms with Gasteiger partial charge in [-0.1, -0.05) is 0 Å². The molecule has 0 heterocycles. The van der Waals surface area contributed by atoms with Gasteiger partial charge in [-0.15, -0.1) is 11.8 Å². The lowest BCUT2D eigenvalue weighted by Gasteiger charge is -2.38. The molecule has 0 aromatic heterocycles. The van der Waals surface area contributed by atoms with E-state index in [9.17, 15) is 8.78 Å². The van der Waals surface area contributed by atoms with Crippen LogP contribution in [0.2, 0.25) is 0 Å². The highest BCUT2D eigenvalue weighted by atomic mass is 32.2. The van der Waals surface area contributed by atoms with Crippen LogP contribution in [0.5, 0.6) is 0 Å². The molecule has 0 saturated heterocycles. The largest absolute Gasteiger partial charge is 0.321 e. The number of nitrogens with two attached hydrogens (primary N) is 1. The Kier molecular flexibility index (Phi) is 2.73. The molecule has 4 heteroatoms. The highest BCUT2D eigenvalue weighted by Crippen LogP contribution is 2.40. The van der Waals surface area contributed by atoms with Gasteiger partial charge in [0.2, 0.25) is 0 Å². The molecule has 0 amide bonds. The molecular formula is C11H13F2NS. The molecule has 0 spiro atoms. The summed E-state index contributed by atoms with van der Waals surface area (Å²) < 4.78 is 27.0. The predicted molar refractivity (Wildman–Crippen MR) is 57.9 cm³/mol. The van der Waals surface area contributed by atoms with E-state index in [1.807, 2.05) is 0 Å². The van der Waals surface area contributed by atoms with E-state index in [1.54, 1.807) is 6.26 Å². The number of benzene rings is 1. The molecule has 1 aliphatic rings. The van der Waals surface area contributed by atoms with Gasteiger partial charge in [-0.3, -0.25) is 0 Å². The molecule has 0 atom stereocenters. The highest BCUT2D eigenvalue weighted by Gasteiger charge is 2.35. The van der Waals surface area contributed by atoms with Gasteiger partial charge in [0.15, 0.2) is 0 Å². The van der Waals surface area contributed by atoms with E-state index >= 15 is 0 Å². The van der Waals surface area contributed by atoms with Gasteiger partial charge >= 0.3 is 0 Å². The Balaban J connectivity index is 2.43. The summed E-state index contributed by atoms with van der Waals surface area (Å²) in [5.74, 6) is -1.01. The van der Waals surface area contributed by atoms with Crippen molar-refractivity contribution in [1.82, 2.24) is 0 Å². The number of thioether (sulfide) groups is 1. The van der Waals surface area contributed by atoms with Crippen molar-refractivity contribution in [3.8, 4) is 0 Å². The third kappa shape index (κ3) is 1.76. The Hall–Kier alpha value is -0.610. The van der Waals surface area contributed by atoms with Gasteiger partial charge < -0.3 is 5.73 Å². The zero-order valence-corrected chi connectivity index (χ0v) is 9.33. The van der Waals surface area contributed by atoms with Crippen molar-refractivity contribution in [1.29, 1.82) is 0 Å². The summed E-state index contributed by atoms with van der Waals surface area (Å²) >= 11 is 1.08. The average Bonchev–Trinajstić information content (AvgIpc) is 2.13. The van der Waals surface area contributed by atoms with Crippen LogP contribution in [-0.4, -0.2) is 6.26 Å². The van der Waals surface area contributed by atoms with Gasteiger partial charge in [0, 0.05) is 5.54 Å². The second-order valence-corrected chi connectivity index (χ2v) is 4.80. The van der Waals surface area contributed by atoms with Crippen molar-refractivity contribution in [2.45, 2.75) is 29.7 Å². The maximum atomic E-state index is 13.5. The molecule has 15 heavy (non-hydrogen) atoms. The molecule has 0 bridgehead atoms. The molecule has 1 fully saturated rings. The SMILES string of the molecule is CSc1c(F)cc(C2(N)CCC2)cc1F. The van der Waals surface area contributed by atoms with Crippen LogP contribution in [0.3, 0.4) is 0 Å². The Labute approximate surface area is 92.0 Å². The molecule has 2 rings (SSSR count). The molecule has 2 N–H and O–H groups in total. The predicted octanol–water partition coefficient (Wildman–Crippen LogP) is 3.02. The van der Waals surface area contributed by atoms with E-state index in [1.165, 1.54) is 12.1 Å². The van der Waals surface area contributed by atoms with E-state index in [0.717, 1.165) is 31.0 Å². The van der Waals surface area contributed by atoms with Crippen molar-refractivity contribution < 1.29 is 8.78 Å². The number of hydrogen-bond acceptors (Lipinski definition) is 2. The van der Waals surface area contributed by atoms with Crippen molar-refractivity contribution in [3.05, 3.63) is 29.3 Å². The van der Waals surface area contributed by atoms with Crippen molar-refractivity contribution >= 4 is 11.8 Å². The lowest BCUT2D eigenvalue weighted by molar-refractivity contribution is 0.251. The highest BCUT2D eigenvalue weighted by molar-refractivity contribution is 7.98. The minimum Gasteiger partial charge on any atom is -0.321 e. The Morgan fingerprint density at radius 2 is 1.80 bits per heavy atom. The van der Waals surface area contributed by atoms with Gasteiger partial charge in [-0.25, -0.2) is 8.78 Å². The van der Waals surface area contributed by atoms with E-state index in [2.05, 4.69) is 0 Å². The molecule has 0 unspecified atom stereocenters. The summed E-state index contributed by atoms with van der Waals surface area (Å²) in [6.07, 6.45) is 4.31.